The van der Waals surface area contributed by atoms with Gasteiger partial charge in [-0.3, -0.25) is 4.98 Å². The minimum Gasteiger partial charge on any atom is -0.371 e. The summed E-state index contributed by atoms with van der Waals surface area (Å²) in [4.78, 5) is 8.42. The highest BCUT2D eigenvalue weighted by Crippen LogP contribution is 2.22. The van der Waals surface area contributed by atoms with Gasteiger partial charge in [0.05, 0.1) is 11.6 Å². The third-order valence-corrected chi connectivity index (χ3v) is 4.11. The van der Waals surface area contributed by atoms with Crippen molar-refractivity contribution in [1.82, 2.24) is 9.97 Å². The molecule has 2 aromatic heterocycles. The topological polar surface area (TPSA) is 35.0 Å². The summed E-state index contributed by atoms with van der Waals surface area (Å²) >= 11 is 7.35. The van der Waals surface area contributed by atoms with Crippen molar-refractivity contribution in [2.24, 2.45) is 0 Å². The molecule has 0 aromatic carbocycles. The molecule has 5 heteroatoms. The van der Waals surface area contributed by atoms with Gasteiger partial charge in [-0.05, 0) is 37.5 Å². The summed E-state index contributed by atoms with van der Waals surface area (Å²) in [5, 5.41) is 2.98. The molecule has 0 radical (unpaired) electrons. The lowest BCUT2D eigenvalue weighted by Crippen LogP contribution is -2.02. The lowest BCUT2D eigenvalue weighted by Gasteiger charge is -2.10. The van der Waals surface area contributed by atoms with E-state index in [4.69, 9.17) is 16.3 Å². The minimum atomic E-state index is 0.0411. The van der Waals surface area contributed by atoms with Gasteiger partial charge in [-0.2, -0.15) is 0 Å². The summed E-state index contributed by atoms with van der Waals surface area (Å²) in [6, 6.07) is 4.08. The van der Waals surface area contributed by atoms with Crippen molar-refractivity contribution in [3.8, 4) is 0 Å². The van der Waals surface area contributed by atoms with Crippen molar-refractivity contribution in [2.45, 2.75) is 31.7 Å². The molecule has 0 saturated heterocycles. The molecule has 0 fully saturated rings. The SMILES string of the molecule is CC(OCCCc1ccncc1)c1nc(CCl)cs1. The molecule has 1 unspecified atom stereocenters. The standard InChI is InChI=1S/C14H17ClN2OS/c1-11(14-17-13(9-15)10-19-14)18-8-2-3-12-4-6-16-7-5-12/h4-7,10-11H,2-3,8-9H2,1H3. The van der Waals surface area contributed by atoms with Gasteiger partial charge in [0.25, 0.3) is 0 Å². The van der Waals surface area contributed by atoms with Gasteiger partial charge in [0, 0.05) is 24.4 Å². The second-order valence-electron chi connectivity index (χ2n) is 4.28. The van der Waals surface area contributed by atoms with Gasteiger partial charge in [-0.25, -0.2) is 4.98 Å². The van der Waals surface area contributed by atoms with Crippen LogP contribution in [0.1, 0.15) is 35.7 Å². The Bertz CT molecular complexity index is 489. The number of halogens is 1. The molecule has 0 aliphatic heterocycles. The highest BCUT2D eigenvalue weighted by Gasteiger charge is 2.10. The van der Waals surface area contributed by atoms with E-state index in [9.17, 15) is 0 Å². The lowest BCUT2D eigenvalue weighted by molar-refractivity contribution is 0.0639. The van der Waals surface area contributed by atoms with Gasteiger partial charge in [0.1, 0.15) is 11.1 Å². The Balaban J connectivity index is 1.70. The lowest BCUT2D eigenvalue weighted by atomic mass is 10.1. The number of pyridine rings is 1. The van der Waals surface area contributed by atoms with Gasteiger partial charge in [-0.1, -0.05) is 0 Å². The summed E-state index contributed by atoms with van der Waals surface area (Å²) in [5.74, 6) is 0.464. The van der Waals surface area contributed by atoms with E-state index in [1.54, 1.807) is 11.3 Å². The Hall–Kier alpha value is -0.970. The molecule has 0 N–H and O–H groups in total. The van der Waals surface area contributed by atoms with Crippen LogP contribution in [0.15, 0.2) is 29.9 Å². The molecule has 2 aromatic rings. The average molecular weight is 297 g/mol. The Morgan fingerprint density at radius 1 is 1.37 bits per heavy atom. The van der Waals surface area contributed by atoms with Crippen LogP contribution in [0.3, 0.4) is 0 Å². The fraction of sp³-hybridized carbons (Fsp3) is 0.429. The van der Waals surface area contributed by atoms with E-state index in [1.807, 2.05) is 36.8 Å². The third-order valence-electron chi connectivity index (χ3n) is 2.78. The van der Waals surface area contributed by atoms with E-state index in [1.165, 1.54) is 5.56 Å². The zero-order valence-corrected chi connectivity index (χ0v) is 12.5. The van der Waals surface area contributed by atoms with E-state index in [0.29, 0.717) is 5.88 Å². The van der Waals surface area contributed by atoms with E-state index in [2.05, 4.69) is 9.97 Å². The van der Waals surface area contributed by atoms with Crippen LogP contribution in [0.25, 0.3) is 0 Å². The second-order valence-corrected chi connectivity index (χ2v) is 5.44. The van der Waals surface area contributed by atoms with Gasteiger partial charge in [0.15, 0.2) is 0 Å². The average Bonchev–Trinajstić information content (AvgIpc) is 2.93. The van der Waals surface area contributed by atoms with Gasteiger partial charge in [0.2, 0.25) is 0 Å². The van der Waals surface area contributed by atoms with Crippen molar-refractivity contribution >= 4 is 22.9 Å². The zero-order chi connectivity index (χ0) is 13.5. The fourth-order valence-corrected chi connectivity index (χ4v) is 2.78. The molecule has 102 valence electrons. The Morgan fingerprint density at radius 2 is 2.16 bits per heavy atom. The van der Waals surface area contributed by atoms with Crippen molar-refractivity contribution in [2.75, 3.05) is 6.61 Å². The highest BCUT2D eigenvalue weighted by molar-refractivity contribution is 7.09. The van der Waals surface area contributed by atoms with Crippen LogP contribution in [-0.2, 0) is 17.0 Å². The first-order chi connectivity index (χ1) is 9.29. The van der Waals surface area contributed by atoms with Gasteiger partial charge < -0.3 is 4.74 Å². The molecular formula is C14H17ClN2OS. The number of aryl methyl sites for hydroxylation is 1. The van der Waals surface area contributed by atoms with E-state index < -0.39 is 0 Å². The predicted octanol–water partition coefficient (Wildman–Crippen LogP) is 3.99. The van der Waals surface area contributed by atoms with Crippen molar-refractivity contribution < 1.29 is 4.74 Å². The number of nitrogens with zero attached hydrogens (tertiary/aromatic N) is 2. The van der Waals surface area contributed by atoms with E-state index in [0.717, 1.165) is 30.2 Å². The molecule has 19 heavy (non-hydrogen) atoms. The highest BCUT2D eigenvalue weighted by atomic mass is 35.5. The summed E-state index contributed by atoms with van der Waals surface area (Å²) in [6.45, 7) is 2.77. The monoisotopic (exact) mass is 296 g/mol. The normalized spacial score (nSPS) is 12.5. The number of alkyl halides is 1. The number of hydrogen-bond acceptors (Lipinski definition) is 4. The molecule has 0 spiro atoms. The summed E-state index contributed by atoms with van der Waals surface area (Å²) in [5.41, 5.74) is 2.22. The molecule has 1 atom stereocenters. The molecule has 0 bridgehead atoms. The summed E-state index contributed by atoms with van der Waals surface area (Å²) in [6.07, 6.45) is 5.70. The molecule has 0 saturated carbocycles. The van der Waals surface area contributed by atoms with Crippen molar-refractivity contribution in [1.29, 1.82) is 0 Å². The first-order valence-electron chi connectivity index (χ1n) is 6.30. The largest absolute Gasteiger partial charge is 0.371 e. The molecule has 0 amide bonds. The summed E-state index contributed by atoms with van der Waals surface area (Å²) in [7, 11) is 0. The molecule has 0 aliphatic carbocycles. The summed E-state index contributed by atoms with van der Waals surface area (Å²) < 4.78 is 5.80. The Labute approximate surface area is 122 Å². The molecular weight excluding hydrogens is 280 g/mol. The molecule has 0 aliphatic rings. The van der Waals surface area contributed by atoms with Gasteiger partial charge >= 0.3 is 0 Å². The Morgan fingerprint density at radius 3 is 2.84 bits per heavy atom. The maximum atomic E-state index is 5.80. The molecule has 2 heterocycles. The molecule has 3 nitrogen and oxygen atoms in total. The van der Waals surface area contributed by atoms with Crippen LogP contribution in [0, 0.1) is 0 Å². The quantitative estimate of drug-likeness (QED) is 0.572. The number of thiazole rings is 1. The zero-order valence-electron chi connectivity index (χ0n) is 10.9. The van der Waals surface area contributed by atoms with Gasteiger partial charge in [-0.15, -0.1) is 22.9 Å². The fourth-order valence-electron chi connectivity index (χ4n) is 1.73. The van der Waals surface area contributed by atoms with Crippen molar-refractivity contribution in [3.05, 3.63) is 46.2 Å². The van der Waals surface area contributed by atoms with E-state index in [-0.39, 0.29) is 6.10 Å². The number of aromatic nitrogens is 2. The minimum absolute atomic E-state index is 0.0411. The smallest absolute Gasteiger partial charge is 0.122 e. The van der Waals surface area contributed by atoms with Crippen LogP contribution < -0.4 is 0 Å². The first kappa shape index (κ1) is 14.4. The second kappa shape index (κ2) is 7.58. The van der Waals surface area contributed by atoms with Crippen LogP contribution in [0.4, 0.5) is 0 Å². The number of hydrogen-bond donors (Lipinski definition) is 0. The van der Waals surface area contributed by atoms with E-state index >= 15 is 0 Å². The number of rotatable bonds is 7. The van der Waals surface area contributed by atoms with Crippen molar-refractivity contribution in [3.63, 3.8) is 0 Å². The molecule has 2 rings (SSSR count). The van der Waals surface area contributed by atoms with Crippen LogP contribution >= 0.6 is 22.9 Å². The maximum Gasteiger partial charge on any atom is 0.122 e. The Kier molecular flexibility index (Phi) is 5.76. The first-order valence-corrected chi connectivity index (χ1v) is 7.72. The number of ether oxygens (including phenoxy) is 1. The van der Waals surface area contributed by atoms with Crippen LogP contribution in [0.2, 0.25) is 0 Å². The maximum absolute atomic E-state index is 5.80. The van der Waals surface area contributed by atoms with Crippen LogP contribution in [0.5, 0.6) is 0 Å². The predicted molar refractivity (Wildman–Crippen MR) is 78.6 cm³/mol. The van der Waals surface area contributed by atoms with Crippen LogP contribution in [-0.4, -0.2) is 16.6 Å². The third kappa shape index (κ3) is 4.56.